The second kappa shape index (κ2) is 4.42. The first-order valence-corrected chi connectivity index (χ1v) is 6.44. The predicted molar refractivity (Wildman–Crippen MR) is 68.5 cm³/mol. The van der Waals surface area contributed by atoms with E-state index in [0.717, 1.165) is 19.0 Å². The van der Waals surface area contributed by atoms with Crippen LogP contribution in [0.15, 0.2) is 30.3 Å². The summed E-state index contributed by atoms with van der Waals surface area (Å²) in [6.07, 6.45) is 7.75. The lowest BCUT2D eigenvalue weighted by molar-refractivity contribution is 0.419. The molecular formula is C15H19N. The highest BCUT2D eigenvalue weighted by molar-refractivity contribution is 5.69. The van der Waals surface area contributed by atoms with Crippen LogP contribution in [0.5, 0.6) is 0 Å². The van der Waals surface area contributed by atoms with Crippen molar-refractivity contribution < 1.29 is 0 Å². The smallest absolute Gasteiger partial charge is 0.0140 e. The van der Waals surface area contributed by atoms with Crippen molar-refractivity contribution in [1.29, 1.82) is 0 Å². The van der Waals surface area contributed by atoms with Crippen molar-refractivity contribution >= 4 is 5.57 Å². The maximum atomic E-state index is 3.38. The van der Waals surface area contributed by atoms with E-state index in [4.69, 9.17) is 0 Å². The third-order valence-electron chi connectivity index (χ3n) is 3.92. The van der Waals surface area contributed by atoms with Crippen LogP contribution >= 0.6 is 0 Å². The lowest BCUT2D eigenvalue weighted by atomic mass is 9.76. The highest BCUT2D eigenvalue weighted by atomic mass is 14.8. The summed E-state index contributed by atoms with van der Waals surface area (Å²) in [4.78, 5) is 0. The van der Waals surface area contributed by atoms with Crippen LogP contribution in [0.1, 0.15) is 42.7 Å². The average molecular weight is 213 g/mol. The van der Waals surface area contributed by atoms with Crippen molar-refractivity contribution in [2.24, 2.45) is 0 Å². The van der Waals surface area contributed by atoms with E-state index < -0.39 is 0 Å². The number of rotatable bonds is 2. The van der Waals surface area contributed by atoms with Gasteiger partial charge in [-0.2, -0.15) is 0 Å². The fourth-order valence-electron chi connectivity index (χ4n) is 2.73. The maximum Gasteiger partial charge on any atom is 0.0140 e. The first kappa shape index (κ1) is 10.1. The topological polar surface area (TPSA) is 12.0 Å². The van der Waals surface area contributed by atoms with Crippen molar-refractivity contribution in [3.8, 4) is 0 Å². The lowest BCUT2D eigenvalue weighted by Gasteiger charge is -2.29. The number of nitrogens with one attached hydrogen (secondary N) is 1. The van der Waals surface area contributed by atoms with Gasteiger partial charge in [0.1, 0.15) is 0 Å². The van der Waals surface area contributed by atoms with Crippen molar-refractivity contribution in [2.75, 3.05) is 13.1 Å². The third kappa shape index (κ3) is 1.80. The van der Waals surface area contributed by atoms with Gasteiger partial charge >= 0.3 is 0 Å². The molecule has 1 nitrogen and oxygen atoms in total. The summed E-state index contributed by atoms with van der Waals surface area (Å²) in [5.41, 5.74) is 4.68. The molecule has 1 heterocycles. The molecule has 1 aliphatic heterocycles. The molecule has 0 radical (unpaired) electrons. The van der Waals surface area contributed by atoms with Gasteiger partial charge in [0.25, 0.3) is 0 Å². The van der Waals surface area contributed by atoms with Crippen molar-refractivity contribution in [2.45, 2.75) is 31.6 Å². The largest absolute Gasteiger partial charge is 0.313 e. The molecule has 1 aromatic rings. The Morgan fingerprint density at radius 3 is 2.69 bits per heavy atom. The molecule has 0 aromatic heterocycles. The molecule has 0 saturated heterocycles. The Bertz CT molecular complexity index is 402. The van der Waals surface area contributed by atoms with Crippen LogP contribution in [-0.2, 0) is 0 Å². The molecule has 16 heavy (non-hydrogen) atoms. The van der Waals surface area contributed by atoms with E-state index in [0.29, 0.717) is 0 Å². The van der Waals surface area contributed by atoms with Gasteiger partial charge in [-0.3, -0.25) is 0 Å². The monoisotopic (exact) mass is 213 g/mol. The molecule has 1 heteroatoms. The van der Waals surface area contributed by atoms with Crippen molar-refractivity contribution in [1.82, 2.24) is 5.32 Å². The van der Waals surface area contributed by atoms with Crippen LogP contribution in [0.3, 0.4) is 0 Å². The minimum atomic E-state index is 0.840. The van der Waals surface area contributed by atoms with Crippen molar-refractivity contribution in [3.63, 3.8) is 0 Å². The van der Waals surface area contributed by atoms with Gasteiger partial charge in [0, 0.05) is 6.54 Å². The summed E-state index contributed by atoms with van der Waals surface area (Å²) >= 11 is 0. The van der Waals surface area contributed by atoms with Gasteiger partial charge in [-0.1, -0.05) is 36.8 Å². The fourth-order valence-corrected chi connectivity index (χ4v) is 2.73. The van der Waals surface area contributed by atoms with Gasteiger partial charge in [0.2, 0.25) is 0 Å². The van der Waals surface area contributed by atoms with Crippen LogP contribution in [-0.4, -0.2) is 13.1 Å². The first-order valence-electron chi connectivity index (χ1n) is 6.44. The normalized spacial score (nSPS) is 21.4. The molecule has 0 unspecified atom stereocenters. The molecule has 1 N–H and O–H groups in total. The van der Waals surface area contributed by atoms with Crippen LogP contribution < -0.4 is 5.32 Å². The van der Waals surface area contributed by atoms with E-state index in [9.17, 15) is 0 Å². The Kier molecular flexibility index (Phi) is 2.79. The first-order chi connectivity index (χ1) is 7.95. The van der Waals surface area contributed by atoms with Crippen LogP contribution in [0, 0.1) is 0 Å². The molecule has 0 atom stereocenters. The summed E-state index contributed by atoms with van der Waals surface area (Å²) in [7, 11) is 0. The molecule has 84 valence electrons. The molecule has 0 spiro atoms. The maximum absolute atomic E-state index is 3.38. The average Bonchev–Trinajstić information content (AvgIpc) is 2.29. The molecule has 3 rings (SSSR count). The molecular weight excluding hydrogens is 194 g/mol. The molecule has 1 aliphatic carbocycles. The van der Waals surface area contributed by atoms with Crippen LogP contribution in [0.25, 0.3) is 5.57 Å². The van der Waals surface area contributed by atoms with Crippen LogP contribution in [0.4, 0.5) is 0 Å². The zero-order chi connectivity index (χ0) is 10.8. The van der Waals surface area contributed by atoms with Gasteiger partial charge in [0.05, 0.1) is 0 Å². The second-order valence-electron chi connectivity index (χ2n) is 4.90. The molecule has 2 aliphatic rings. The van der Waals surface area contributed by atoms with Gasteiger partial charge in [-0.05, 0) is 48.4 Å². The Morgan fingerprint density at radius 1 is 1.12 bits per heavy atom. The molecule has 0 bridgehead atoms. The van der Waals surface area contributed by atoms with Gasteiger partial charge < -0.3 is 5.32 Å². The lowest BCUT2D eigenvalue weighted by Crippen LogP contribution is -2.21. The minimum Gasteiger partial charge on any atom is -0.313 e. The predicted octanol–water partition coefficient (Wildman–Crippen LogP) is 3.33. The SMILES string of the molecule is C1=C(c2ccccc2C2CCC2)CCNC1. The minimum absolute atomic E-state index is 0.840. The van der Waals surface area contributed by atoms with E-state index in [1.54, 1.807) is 11.1 Å². The Balaban J connectivity index is 1.95. The summed E-state index contributed by atoms with van der Waals surface area (Å²) in [5, 5.41) is 3.38. The quantitative estimate of drug-likeness (QED) is 0.794. The number of benzene rings is 1. The zero-order valence-electron chi connectivity index (χ0n) is 9.71. The summed E-state index contributed by atoms with van der Waals surface area (Å²) in [6, 6.07) is 9.02. The highest BCUT2D eigenvalue weighted by Gasteiger charge is 2.22. The highest BCUT2D eigenvalue weighted by Crippen LogP contribution is 2.40. The van der Waals surface area contributed by atoms with E-state index in [-0.39, 0.29) is 0 Å². The van der Waals surface area contributed by atoms with E-state index in [1.807, 2.05) is 0 Å². The molecule has 1 aromatic carbocycles. The van der Waals surface area contributed by atoms with Gasteiger partial charge in [-0.15, -0.1) is 0 Å². The second-order valence-corrected chi connectivity index (χ2v) is 4.90. The van der Waals surface area contributed by atoms with E-state index >= 15 is 0 Å². The third-order valence-corrected chi connectivity index (χ3v) is 3.92. The Morgan fingerprint density at radius 2 is 2.00 bits per heavy atom. The van der Waals surface area contributed by atoms with E-state index in [2.05, 4.69) is 35.7 Å². The standard InChI is InChI=1S/C15H19N/c1-2-7-15(13-8-10-16-11-9-13)14(6-1)12-4-3-5-12/h1-2,6-8,12,16H,3-5,9-11H2. The van der Waals surface area contributed by atoms with E-state index in [1.165, 1.54) is 31.2 Å². The van der Waals surface area contributed by atoms with Crippen LogP contribution in [0.2, 0.25) is 0 Å². The Hall–Kier alpha value is -1.08. The molecule has 1 saturated carbocycles. The summed E-state index contributed by atoms with van der Waals surface area (Å²) < 4.78 is 0. The number of hydrogen-bond donors (Lipinski definition) is 1. The Labute approximate surface area is 97.6 Å². The van der Waals surface area contributed by atoms with Gasteiger partial charge in [0.15, 0.2) is 0 Å². The van der Waals surface area contributed by atoms with Crippen molar-refractivity contribution in [3.05, 3.63) is 41.5 Å². The van der Waals surface area contributed by atoms with Gasteiger partial charge in [-0.25, -0.2) is 0 Å². The zero-order valence-corrected chi connectivity index (χ0v) is 9.71. The fraction of sp³-hybridized carbons (Fsp3) is 0.467. The summed E-state index contributed by atoms with van der Waals surface area (Å²) in [6.45, 7) is 2.17. The molecule has 0 amide bonds. The summed E-state index contributed by atoms with van der Waals surface area (Å²) in [5.74, 6) is 0.840. The number of hydrogen-bond acceptors (Lipinski definition) is 1. The molecule has 1 fully saturated rings.